The number of hydrogen-bond acceptors (Lipinski definition) is 5. The Hall–Kier alpha value is -3.26. The van der Waals surface area contributed by atoms with Gasteiger partial charge in [0.1, 0.15) is 17.2 Å². The van der Waals surface area contributed by atoms with E-state index in [-0.39, 0.29) is 17.0 Å². The second kappa shape index (κ2) is 6.91. The van der Waals surface area contributed by atoms with Gasteiger partial charge in [-0.25, -0.2) is 14.2 Å². The van der Waals surface area contributed by atoms with Crippen molar-refractivity contribution in [3.8, 4) is 5.69 Å². The second-order valence-electron chi connectivity index (χ2n) is 8.12. The number of anilines is 1. The van der Waals surface area contributed by atoms with Gasteiger partial charge in [0.05, 0.1) is 5.39 Å². The maximum absolute atomic E-state index is 13.4. The van der Waals surface area contributed by atoms with E-state index >= 15 is 0 Å². The molecule has 1 aliphatic heterocycles. The van der Waals surface area contributed by atoms with Crippen molar-refractivity contribution in [2.24, 2.45) is 17.6 Å². The summed E-state index contributed by atoms with van der Waals surface area (Å²) < 4.78 is 14.9. The normalized spacial score (nSPS) is 23.1. The molecule has 2 aromatic heterocycles. The van der Waals surface area contributed by atoms with Crippen molar-refractivity contribution in [3.63, 3.8) is 0 Å². The number of aromatic nitrogens is 2. The van der Waals surface area contributed by atoms with Crippen molar-refractivity contribution in [1.29, 1.82) is 0 Å². The molecule has 1 aliphatic carbocycles. The predicted octanol–water partition coefficient (Wildman–Crippen LogP) is 2.40. The van der Waals surface area contributed by atoms with Gasteiger partial charge in [0.25, 0.3) is 0 Å². The molecule has 1 saturated carbocycles. The van der Waals surface area contributed by atoms with Crippen LogP contribution in [0.25, 0.3) is 16.7 Å². The van der Waals surface area contributed by atoms with E-state index in [1.165, 1.54) is 35.0 Å². The van der Waals surface area contributed by atoms with Crippen LogP contribution in [-0.4, -0.2) is 39.8 Å². The van der Waals surface area contributed by atoms with Crippen LogP contribution in [0, 0.1) is 17.7 Å². The number of nitrogens with zero attached hydrogens (tertiary/aromatic N) is 3. The number of pyridine rings is 2. The van der Waals surface area contributed by atoms with Gasteiger partial charge in [-0.05, 0) is 61.1 Å². The summed E-state index contributed by atoms with van der Waals surface area (Å²) in [4.78, 5) is 31.2. The van der Waals surface area contributed by atoms with Gasteiger partial charge in [0, 0.05) is 31.0 Å². The Balaban J connectivity index is 1.65. The lowest BCUT2D eigenvalue weighted by atomic mass is 9.66. The van der Waals surface area contributed by atoms with Crippen molar-refractivity contribution < 1.29 is 14.3 Å². The topological polar surface area (TPSA) is 101 Å². The van der Waals surface area contributed by atoms with Gasteiger partial charge < -0.3 is 20.3 Å². The lowest BCUT2D eigenvalue weighted by Gasteiger charge is -2.50. The summed E-state index contributed by atoms with van der Waals surface area (Å²) in [6, 6.07) is 9.22. The van der Waals surface area contributed by atoms with Crippen molar-refractivity contribution in [3.05, 3.63) is 64.2 Å². The minimum absolute atomic E-state index is 0.207. The van der Waals surface area contributed by atoms with Crippen LogP contribution in [0.2, 0.25) is 0 Å². The van der Waals surface area contributed by atoms with Gasteiger partial charge in [-0.3, -0.25) is 4.79 Å². The van der Waals surface area contributed by atoms with Crippen LogP contribution in [0.4, 0.5) is 10.2 Å². The third kappa shape index (κ3) is 2.95. The lowest BCUT2D eigenvalue weighted by molar-refractivity contribution is 0.0695. The minimum atomic E-state index is -1.32. The molecule has 3 N–H and O–H groups in total. The Morgan fingerprint density at radius 2 is 1.97 bits per heavy atom. The number of carboxylic acids is 1. The smallest absolute Gasteiger partial charge is 0.341 e. The molecular formula is C22H21FN4O3. The molecule has 5 rings (SSSR count). The highest BCUT2D eigenvalue weighted by Crippen LogP contribution is 2.40. The van der Waals surface area contributed by atoms with Gasteiger partial charge in [-0.15, -0.1) is 0 Å². The SMILES string of the molecule is NC1CC2CCN(c3ccc4c(=O)c(C(=O)O)cn(-c5ccc(F)cc5)c4n3)CC12. The predicted molar refractivity (Wildman–Crippen MR) is 111 cm³/mol. The molecule has 0 bridgehead atoms. The first-order valence-corrected chi connectivity index (χ1v) is 9.98. The molecule has 3 aromatic rings. The molecule has 2 aliphatic rings. The van der Waals surface area contributed by atoms with Crippen LogP contribution in [0.15, 0.2) is 47.4 Å². The zero-order valence-electron chi connectivity index (χ0n) is 16.2. The van der Waals surface area contributed by atoms with Crippen LogP contribution in [0.3, 0.4) is 0 Å². The van der Waals surface area contributed by atoms with E-state index in [1.807, 2.05) is 0 Å². The number of halogens is 1. The molecule has 0 radical (unpaired) electrons. The Morgan fingerprint density at radius 1 is 1.20 bits per heavy atom. The fourth-order valence-corrected chi connectivity index (χ4v) is 4.67. The van der Waals surface area contributed by atoms with E-state index in [1.54, 1.807) is 12.1 Å². The summed E-state index contributed by atoms with van der Waals surface area (Å²) in [5.41, 5.74) is 6.08. The fourth-order valence-electron chi connectivity index (χ4n) is 4.67. The number of carboxylic acid groups (broad SMARTS) is 1. The number of nitrogens with two attached hydrogens (primary N) is 1. The summed E-state index contributed by atoms with van der Waals surface area (Å²) in [6.07, 6.45) is 3.39. The molecule has 1 aromatic carbocycles. The Bertz CT molecular complexity index is 1210. The van der Waals surface area contributed by atoms with Crippen LogP contribution in [0.5, 0.6) is 0 Å². The first-order chi connectivity index (χ1) is 14.4. The van der Waals surface area contributed by atoms with Gasteiger partial charge in [0.15, 0.2) is 5.65 Å². The summed E-state index contributed by atoms with van der Waals surface area (Å²) in [7, 11) is 0. The van der Waals surface area contributed by atoms with E-state index in [9.17, 15) is 19.1 Å². The quantitative estimate of drug-likeness (QED) is 0.690. The average molecular weight is 408 g/mol. The zero-order chi connectivity index (χ0) is 21.0. The van der Waals surface area contributed by atoms with Crippen molar-refractivity contribution in [2.75, 3.05) is 18.0 Å². The van der Waals surface area contributed by atoms with E-state index < -0.39 is 17.2 Å². The summed E-state index contributed by atoms with van der Waals surface area (Å²) in [5.74, 6) is 0.120. The lowest BCUT2D eigenvalue weighted by Crippen LogP contribution is -2.56. The Kier molecular flexibility index (Phi) is 4.32. The molecule has 8 heteroatoms. The number of carbonyl (C=O) groups is 1. The van der Waals surface area contributed by atoms with E-state index in [0.717, 1.165) is 31.7 Å². The van der Waals surface area contributed by atoms with Gasteiger partial charge in [-0.1, -0.05) is 0 Å². The van der Waals surface area contributed by atoms with Crippen molar-refractivity contribution in [1.82, 2.24) is 9.55 Å². The number of benzene rings is 1. The van der Waals surface area contributed by atoms with E-state index in [0.29, 0.717) is 23.2 Å². The number of rotatable bonds is 3. The first kappa shape index (κ1) is 18.7. The van der Waals surface area contributed by atoms with Gasteiger partial charge in [-0.2, -0.15) is 0 Å². The number of hydrogen-bond donors (Lipinski definition) is 2. The van der Waals surface area contributed by atoms with Crippen molar-refractivity contribution >= 4 is 22.8 Å². The van der Waals surface area contributed by atoms with Crippen LogP contribution >= 0.6 is 0 Å². The molecule has 3 heterocycles. The number of aromatic carboxylic acids is 1. The molecule has 1 saturated heterocycles. The Morgan fingerprint density at radius 3 is 2.67 bits per heavy atom. The third-order valence-electron chi connectivity index (χ3n) is 6.43. The monoisotopic (exact) mass is 408 g/mol. The third-order valence-corrected chi connectivity index (χ3v) is 6.43. The van der Waals surface area contributed by atoms with E-state index in [4.69, 9.17) is 10.7 Å². The van der Waals surface area contributed by atoms with Gasteiger partial charge in [0.2, 0.25) is 5.43 Å². The molecular weight excluding hydrogens is 387 g/mol. The molecule has 3 atom stereocenters. The molecule has 3 unspecified atom stereocenters. The molecule has 0 amide bonds. The molecule has 2 fully saturated rings. The highest BCUT2D eigenvalue weighted by atomic mass is 19.1. The maximum Gasteiger partial charge on any atom is 0.341 e. The van der Waals surface area contributed by atoms with Gasteiger partial charge >= 0.3 is 5.97 Å². The average Bonchev–Trinajstić information content (AvgIpc) is 2.73. The molecule has 0 spiro atoms. The highest BCUT2D eigenvalue weighted by molar-refractivity contribution is 5.92. The summed E-state index contributed by atoms with van der Waals surface area (Å²) >= 11 is 0. The Labute approximate surface area is 171 Å². The molecule has 30 heavy (non-hydrogen) atoms. The first-order valence-electron chi connectivity index (χ1n) is 9.98. The minimum Gasteiger partial charge on any atom is -0.477 e. The highest BCUT2D eigenvalue weighted by Gasteiger charge is 2.42. The van der Waals surface area contributed by atoms with Crippen LogP contribution in [-0.2, 0) is 0 Å². The summed E-state index contributed by atoms with van der Waals surface area (Å²) in [5, 5.41) is 9.68. The fraction of sp³-hybridized carbons (Fsp3) is 0.318. The summed E-state index contributed by atoms with van der Waals surface area (Å²) in [6.45, 7) is 1.68. The zero-order valence-corrected chi connectivity index (χ0v) is 16.2. The maximum atomic E-state index is 13.4. The largest absolute Gasteiger partial charge is 0.477 e. The van der Waals surface area contributed by atoms with Crippen molar-refractivity contribution in [2.45, 2.75) is 18.9 Å². The molecule has 154 valence electrons. The number of piperidine rings is 1. The molecule has 7 nitrogen and oxygen atoms in total. The standard InChI is InChI=1S/C22H21FN4O3/c23-13-1-3-14(4-2-13)27-11-17(22(29)30)20(28)15-5-6-19(25-21(15)27)26-8-7-12-9-18(24)16(12)10-26/h1-6,11-12,16,18H,7-10,24H2,(H,29,30). The van der Waals surface area contributed by atoms with Crippen LogP contribution < -0.4 is 16.1 Å². The second-order valence-corrected chi connectivity index (χ2v) is 8.12. The van der Waals surface area contributed by atoms with E-state index in [2.05, 4.69) is 4.90 Å². The number of fused-ring (bicyclic) bond motifs is 2. The van der Waals surface area contributed by atoms with Crippen LogP contribution in [0.1, 0.15) is 23.2 Å².